The minimum absolute atomic E-state index is 0.139. The van der Waals surface area contributed by atoms with E-state index in [-0.39, 0.29) is 18.0 Å². The minimum atomic E-state index is -0.865. The van der Waals surface area contributed by atoms with Crippen LogP contribution in [0.5, 0.6) is 0 Å². The second-order valence-corrected chi connectivity index (χ2v) is 6.93. The molecule has 27 heavy (non-hydrogen) atoms. The van der Waals surface area contributed by atoms with Crippen LogP contribution in [0.2, 0.25) is 0 Å². The van der Waals surface area contributed by atoms with Gasteiger partial charge in [0.1, 0.15) is 0 Å². The number of thiophene rings is 1. The second-order valence-electron chi connectivity index (χ2n) is 5.98. The molecule has 1 aromatic carbocycles. The van der Waals surface area contributed by atoms with Gasteiger partial charge in [0.2, 0.25) is 0 Å². The van der Waals surface area contributed by atoms with Gasteiger partial charge in [-0.25, -0.2) is 8.78 Å². The van der Waals surface area contributed by atoms with Crippen molar-refractivity contribution in [3.8, 4) is 0 Å². The van der Waals surface area contributed by atoms with Crippen molar-refractivity contribution in [1.29, 1.82) is 0 Å². The number of hydrogen-bond donors (Lipinski definition) is 1. The lowest BCUT2D eigenvalue weighted by Gasteiger charge is -2.22. The molecular weight excluding hydrogens is 368 g/mol. The van der Waals surface area contributed by atoms with Crippen molar-refractivity contribution in [1.82, 2.24) is 15.2 Å². The first-order chi connectivity index (χ1) is 13.1. The first kappa shape index (κ1) is 19.1. The normalized spacial score (nSPS) is 10.9. The molecule has 3 rings (SSSR count). The number of carbonyl (C=O) groups is 1. The third-order valence-corrected chi connectivity index (χ3v) is 4.86. The third-order valence-electron chi connectivity index (χ3n) is 4.00. The van der Waals surface area contributed by atoms with E-state index in [2.05, 4.69) is 10.3 Å². The summed E-state index contributed by atoms with van der Waals surface area (Å²) in [5.74, 6) is -1.85. The van der Waals surface area contributed by atoms with E-state index in [1.807, 2.05) is 34.5 Å². The Morgan fingerprint density at radius 2 is 1.96 bits per heavy atom. The molecule has 0 saturated heterocycles. The maximum Gasteiger partial charge on any atom is 0.261 e. The molecule has 1 amide bonds. The number of rotatable bonds is 8. The Balaban J connectivity index is 1.65. The highest BCUT2D eigenvalue weighted by Gasteiger charge is 2.14. The van der Waals surface area contributed by atoms with Gasteiger partial charge in [0.05, 0.1) is 10.6 Å². The number of halogens is 2. The first-order valence-electron chi connectivity index (χ1n) is 8.50. The number of benzene rings is 1. The average Bonchev–Trinajstić information content (AvgIpc) is 3.21. The molecule has 0 aliphatic heterocycles. The fraction of sp³-hybridized carbons (Fsp3) is 0.200. The zero-order valence-corrected chi connectivity index (χ0v) is 15.4. The molecule has 140 valence electrons. The van der Waals surface area contributed by atoms with E-state index in [4.69, 9.17) is 0 Å². The van der Waals surface area contributed by atoms with E-state index in [1.54, 1.807) is 18.3 Å². The largest absolute Gasteiger partial charge is 0.350 e. The van der Waals surface area contributed by atoms with E-state index in [1.165, 1.54) is 17.4 Å². The number of pyridine rings is 1. The molecule has 1 N–H and O–H groups in total. The van der Waals surface area contributed by atoms with Crippen molar-refractivity contribution >= 4 is 17.2 Å². The molecule has 0 aliphatic rings. The number of aromatic nitrogens is 1. The van der Waals surface area contributed by atoms with Crippen molar-refractivity contribution in [3.05, 3.63) is 87.9 Å². The van der Waals surface area contributed by atoms with Gasteiger partial charge in [0.25, 0.3) is 5.91 Å². The van der Waals surface area contributed by atoms with Gasteiger partial charge >= 0.3 is 0 Å². The van der Waals surface area contributed by atoms with Crippen LogP contribution in [0, 0.1) is 11.6 Å². The lowest BCUT2D eigenvalue weighted by Crippen LogP contribution is -2.34. The van der Waals surface area contributed by atoms with E-state index in [0.29, 0.717) is 24.5 Å². The fourth-order valence-electron chi connectivity index (χ4n) is 2.67. The lowest BCUT2D eigenvalue weighted by molar-refractivity contribution is 0.0951. The van der Waals surface area contributed by atoms with Crippen molar-refractivity contribution < 1.29 is 13.6 Å². The molecule has 2 aromatic heterocycles. The Labute approximate surface area is 160 Å². The predicted molar refractivity (Wildman–Crippen MR) is 101 cm³/mol. The number of amides is 1. The Morgan fingerprint density at radius 3 is 2.70 bits per heavy atom. The molecule has 0 atom stereocenters. The van der Waals surface area contributed by atoms with Crippen LogP contribution in [0.15, 0.2) is 60.1 Å². The molecule has 7 heteroatoms. The number of carbonyl (C=O) groups excluding carboxylic acids is 1. The van der Waals surface area contributed by atoms with E-state index in [9.17, 15) is 13.6 Å². The standard InChI is InChI=1S/C20H19F2N3OS/c21-17-7-3-5-15(19(17)22)13-25(14-16-6-1-2-9-23-16)11-10-24-20(26)18-8-4-12-27-18/h1-9,12H,10-11,13-14H2,(H,24,26). The lowest BCUT2D eigenvalue weighted by atomic mass is 10.2. The summed E-state index contributed by atoms with van der Waals surface area (Å²) >= 11 is 1.37. The van der Waals surface area contributed by atoms with Gasteiger partial charge in [0.15, 0.2) is 11.6 Å². The third kappa shape index (κ3) is 5.42. The Hall–Kier alpha value is -2.64. The summed E-state index contributed by atoms with van der Waals surface area (Å²) in [6.07, 6.45) is 1.69. The van der Waals surface area contributed by atoms with Gasteiger partial charge in [-0.15, -0.1) is 11.3 Å². The zero-order valence-electron chi connectivity index (χ0n) is 14.6. The predicted octanol–water partition coefficient (Wildman–Crippen LogP) is 3.85. The molecule has 3 aromatic rings. The van der Waals surface area contributed by atoms with Crippen LogP contribution in [-0.2, 0) is 13.1 Å². The zero-order chi connectivity index (χ0) is 19.1. The van der Waals surface area contributed by atoms with Crippen LogP contribution in [0.25, 0.3) is 0 Å². The van der Waals surface area contributed by atoms with Crippen LogP contribution in [-0.4, -0.2) is 28.9 Å². The molecular formula is C20H19F2N3OS. The molecule has 4 nitrogen and oxygen atoms in total. The summed E-state index contributed by atoms with van der Waals surface area (Å²) in [7, 11) is 0. The minimum Gasteiger partial charge on any atom is -0.350 e. The molecule has 0 unspecified atom stereocenters. The monoisotopic (exact) mass is 387 g/mol. The Morgan fingerprint density at radius 1 is 1.07 bits per heavy atom. The maximum atomic E-state index is 14.1. The van der Waals surface area contributed by atoms with E-state index < -0.39 is 11.6 Å². The summed E-state index contributed by atoms with van der Waals surface area (Å²) in [6.45, 7) is 1.55. The van der Waals surface area contributed by atoms with Crippen LogP contribution in [0.3, 0.4) is 0 Å². The van der Waals surface area contributed by atoms with Gasteiger partial charge in [-0.05, 0) is 29.6 Å². The number of nitrogens with one attached hydrogen (secondary N) is 1. The molecule has 0 saturated carbocycles. The van der Waals surface area contributed by atoms with Crippen LogP contribution >= 0.6 is 11.3 Å². The van der Waals surface area contributed by atoms with Gasteiger partial charge in [-0.1, -0.05) is 24.3 Å². The highest BCUT2D eigenvalue weighted by Crippen LogP contribution is 2.15. The summed E-state index contributed by atoms with van der Waals surface area (Å²) in [6, 6.07) is 13.3. The second kappa shape index (κ2) is 9.34. The Kier molecular flexibility index (Phi) is 6.62. The molecule has 0 spiro atoms. The highest BCUT2D eigenvalue weighted by atomic mass is 32.1. The van der Waals surface area contributed by atoms with Crippen LogP contribution in [0.4, 0.5) is 8.78 Å². The molecule has 0 fully saturated rings. The van der Waals surface area contributed by atoms with Gasteiger partial charge in [-0.2, -0.15) is 0 Å². The van der Waals surface area contributed by atoms with Crippen LogP contribution in [0.1, 0.15) is 20.9 Å². The van der Waals surface area contributed by atoms with Crippen molar-refractivity contribution in [2.45, 2.75) is 13.1 Å². The SMILES string of the molecule is O=C(NCCN(Cc1ccccn1)Cc1cccc(F)c1F)c1cccs1. The molecule has 2 heterocycles. The molecule has 0 aliphatic carbocycles. The van der Waals surface area contributed by atoms with Crippen molar-refractivity contribution in [2.24, 2.45) is 0 Å². The molecule has 0 radical (unpaired) electrons. The van der Waals surface area contributed by atoms with Crippen LogP contribution < -0.4 is 5.32 Å². The topological polar surface area (TPSA) is 45.2 Å². The summed E-state index contributed by atoms with van der Waals surface area (Å²) in [5.41, 5.74) is 1.09. The average molecular weight is 387 g/mol. The number of hydrogen-bond acceptors (Lipinski definition) is 4. The van der Waals surface area contributed by atoms with Crippen molar-refractivity contribution in [3.63, 3.8) is 0 Å². The summed E-state index contributed by atoms with van der Waals surface area (Å²) in [5, 5.41) is 4.70. The smallest absolute Gasteiger partial charge is 0.261 e. The number of nitrogens with zero attached hydrogens (tertiary/aromatic N) is 2. The summed E-state index contributed by atoms with van der Waals surface area (Å²) in [4.78, 5) is 18.9. The van der Waals surface area contributed by atoms with E-state index in [0.717, 1.165) is 11.8 Å². The fourth-order valence-corrected chi connectivity index (χ4v) is 3.31. The van der Waals surface area contributed by atoms with Gasteiger partial charge in [0, 0.05) is 37.9 Å². The maximum absolute atomic E-state index is 14.1. The first-order valence-corrected chi connectivity index (χ1v) is 9.38. The van der Waals surface area contributed by atoms with Crippen molar-refractivity contribution in [2.75, 3.05) is 13.1 Å². The van der Waals surface area contributed by atoms with E-state index >= 15 is 0 Å². The summed E-state index contributed by atoms with van der Waals surface area (Å²) < 4.78 is 27.6. The quantitative estimate of drug-likeness (QED) is 0.639. The van der Waals surface area contributed by atoms with Gasteiger partial charge < -0.3 is 5.32 Å². The Bertz CT molecular complexity index is 872. The molecule has 0 bridgehead atoms. The van der Waals surface area contributed by atoms with Gasteiger partial charge in [-0.3, -0.25) is 14.7 Å². The highest BCUT2D eigenvalue weighted by molar-refractivity contribution is 7.12.